The van der Waals surface area contributed by atoms with Crippen molar-refractivity contribution in [3.63, 3.8) is 0 Å². The lowest BCUT2D eigenvalue weighted by molar-refractivity contribution is 0.0264. The van der Waals surface area contributed by atoms with E-state index in [1.807, 2.05) is 13.0 Å². The molecule has 11 heteroatoms. The standard InChI is InChI=1S/C21H21ClN10/c1-3-25-21-29-20(28-19-13(8-24)9-26-32(19)21)27-16-4-12(7-23)5-17(18(16)22)31-10-14-6-15(11-31)30(14)2/h4-5,9,14-15H,3,6,10-11H2,1-2H3,(H2,25,27,28,29). The average molecular weight is 449 g/mol. The minimum Gasteiger partial charge on any atom is -0.367 e. The Bertz CT molecular complexity index is 1270. The molecule has 1 aromatic carbocycles. The van der Waals surface area contributed by atoms with E-state index >= 15 is 0 Å². The summed E-state index contributed by atoms with van der Waals surface area (Å²) in [5.41, 5.74) is 2.58. The molecule has 3 saturated heterocycles. The van der Waals surface area contributed by atoms with Crippen molar-refractivity contribution >= 4 is 40.5 Å². The molecule has 0 saturated carbocycles. The van der Waals surface area contributed by atoms with Gasteiger partial charge in [0.15, 0.2) is 5.65 Å². The van der Waals surface area contributed by atoms with Gasteiger partial charge in [0.1, 0.15) is 11.6 Å². The summed E-state index contributed by atoms with van der Waals surface area (Å²) in [6.45, 7) is 4.30. The smallest absolute Gasteiger partial charge is 0.232 e. The number of nitrogens with zero attached hydrogens (tertiary/aromatic N) is 8. The lowest BCUT2D eigenvalue weighted by Gasteiger charge is -2.55. The molecule has 2 bridgehead atoms. The van der Waals surface area contributed by atoms with Crippen molar-refractivity contribution in [1.82, 2.24) is 24.5 Å². The van der Waals surface area contributed by atoms with Gasteiger partial charge >= 0.3 is 0 Å². The summed E-state index contributed by atoms with van der Waals surface area (Å²) < 4.78 is 1.49. The zero-order chi connectivity index (χ0) is 22.4. The SMILES string of the molecule is CCNc1nc(Nc2cc(C#N)cc(N3CC4CC(C3)N4C)c2Cl)nc2c(C#N)cnn12. The molecule has 0 aliphatic carbocycles. The highest BCUT2D eigenvalue weighted by molar-refractivity contribution is 6.36. The lowest BCUT2D eigenvalue weighted by atomic mass is 9.88. The van der Waals surface area contributed by atoms with E-state index in [0.29, 0.717) is 52.1 Å². The molecule has 3 aromatic rings. The second-order valence-corrected chi connectivity index (χ2v) is 8.39. The Morgan fingerprint density at radius 2 is 1.97 bits per heavy atom. The van der Waals surface area contributed by atoms with Gasteiger partial charge in [-0.15, -0.1) is 0 Å². The molecule has 162 valence electrons. The molecule has 2 atom stereocenters. The number of nitrogens with one attached hydrogen (secondary N) is 2. The molecule has 5 heterocycles. The first-order valence-corrected chi connectivity index (χ1v) is 10.8. The number of halogens is 1. The van der Waals surface area contributed by atoms with Gasteiger partial charge in [-0.05, 0) is 32.5 Å². The molecule has 6 rings (SSSR count). The van der Waals surface area contributed by atoms with Crippen molar-refractivity contribution in [2.45, 2.75) is 25.4 Å². The van der Waals surface area contributed by atoms with Gasteiger partial charge in [-0.3, -0.25) is 4.90 Å². The van der Waals surface area contributed by atoms with E-state index in [-0.39, 0.29) is 5.95 Å². The molecule has 2 aromatic heterocycles. The predicted octanol–water partition coefficient (Wildman–Crippen LogP) is 2.59. The summed E-state index contributed by atoms with van der Waals surface area (Å²) in [5.74, 6) is 0.711. The van der Waals surface area contributed by atoms with E-state index in [2.05, 4.69) is 54.7 Å². The first-order valence-electron chi connectivity index (χ1n) is 10.4. The molecule has 10 nitrogen and oxygen atoms in total. The fourth-order valence-corrected chi connectivity index (χ4v) is 4.67. The number of piperazine rings is 1. The van der Waals surface area contributed by atoms with E-state index in [4.69, 9.17) is 11.6 Å². The van der Waals surface area contributed by atoms with Gasteiger partial charge in [0.25, 0.3) is 0 Å². The minimum atomic E-state index is 0.259. The Hall–Kier alpha value is -3.60. The molecule has 3 aliphatic heterocycles. The van der Waals surface area contributed by atoms with Gasteiger partial charge in [-0.2, -0.15) is 30.1 Å². The number of rotatable bonds is 5. The highest BCUT2D eigenvalue weighted by Crippen LogP contribution is 2.40. The number of aromatic nitrogens is 4. The van der Waals surface area contributed by atoms with Crippen LogP contribution in [0.1, 0.15) is 24.5 Å². The molecule has 0 spiro atoms. The third kappa shape index (κ3) is 3.25. The normalized spacial score (nSPS) is 19.8. The Kier molecular flexibility index (Phi) is 4.97. The van der Waals surface area contributed by atoms with Gasteiger partial charge < -0.3 is 15.5 Å². The number of fused-ring (bicyclic) bond motifs is 3. The number of hydrogen-bond acceptors (Lipinski definition) is 9. The van der Waals surface area contributed by atoms with Crippen LogP contribution in [0.5, 0.6) is 0 Å². The molecule has 3 aliphatic rings. The topological polar surface area (TPSA) is 121 Å². The van der Waals surface area contributed by atoms with Gasteiger partial charge in [0.05, 0.1) is 34.2 Å². The van der Waals surface area contributed by atoms with Gasteiger partial charge in [-0.25, -0.2) is 0 Å². The highest BCUT2D eigenvalue weighted by Gasteiger charge is 2.42. The van der Waals surface area contributed by atoms with Crippen molar-refractivity contribution < 1.29 is 0 Å². The van der Waals surface area contributed by atoms with E-state index in [1.165, 1.54) is 17.1 Å². The highest BCUT2D eigenvalue weighted by atomic mass is 35.5. The fourth-order valence-electron chi connectivity index (χ4n) is 4.39. The van der Waals surface area contributed by atoms with Crippen LogP contribution in [0.3, 0.4) is 0 Å². The van der Waals surface area contributed by atoms with Crippen LogP contribution >= 0.6 is 11.6 Å². The Labute approximate surface area is 190 Å². The summed E-state index contributed by atoms with van der Waals surface area (Å²) in [5, 5.41) is 30.0. The molecular formula is C21H21ClN10. The average Bonchev–Trinajstić information content (AvgIpc) is 3.23. The molecule has 3 fully saturated rings. The summed E-state index contributed by atoms with van der Waals surface area (Å²) in [7, 11) is 2.15. The zero-order valence-corrected chi connectivity index (χ0v) is 18.4. The predicted molar refractivity (Wildman–Crippen MR) is 121 cm³/mol. The van der Waals surface area contributed by atoms with Gasteiger partial charge in [0.2, 0.25) is 11.9 Å². The second-order valence-electron chi connectivity index (χ2n) is 8.01. The lowest BCUT2D eigenvalue weighted by Crippen LogP contribution is -2.67. The van der Waals surface area contributed by atoms with Crippen LogP contribution in [0.4, 0.5) is 23.3 Å². The van der Waals surface area contributed by atoms with Gasteiger partial charge in [-0.1, -0.05) is 11.6 Å². The number of likely N-dealkylation sites (N-methyl/N-ethyl adjacent to an activating group) is 1. The summed E-state index contributed by atoms with van der Waals surface area (Å²) >= 11 is 6.81. The Morgan fingerprint density at radius 1 is 1.19 bits per heavy atom. The first kappa shape index (κ1) is 20.3. The maximum atomic E-state index is 9.60. The minimum absolute atomic E-state index is 0.259. The van der Waals surface area contributed by atoms with Crippen molar-refractivity contribution in [3.05, 3.63) is 34.5 Å². The Balaban J connectivity index is 1.54. The summed E-state index contributed by atoms with van der Waals surface area (Å²) in [4.78, 5) is 13.6. The van der Waals surface area contributed by atoms with Crippen molar-refractivity contribution in [1.29, 1.82) is 10.5 Å². The van der Waals surface area contributed by atoms with Crippen LogP contribution in [0.25, 0.3) is 5.65 Å². The zero-order valence-electron chi connectivity index (χ0n) is 17.7. The van der Waals surface area contributed by atoms with E-state index in [9.17, 15) is 10.5 Å². The molecule has 0 radical (unpaired) electrons. The van der Waals surface area contributed by atoms with Crippen molar-refractivity contribution in [2.24, 2.45) is 0 Å². The van der Waals surface area contributed by atoms with E-state index in [0.717, 1.165) is 18.8 Å². The number of anilines is 4. The molecule has 2 N–H and O–H groups in total. The van der Waals surface area contributed by atoms with E-state index < -0.39 is 0 Å². The molecule has 0 amide bonds. The Morgan fingerprint density at radius 3 is 2.62 bits per heavy atom. The van der Waals surface area contributed by atoms with Crippen molar-refractivity contribution in [2.75, 3.05) is 42.2 Å². The molecule has 32 heavy (non-hydrogen) atoms. The maximum Gasteiger partial charge on any atom is 0.232 e. The third-order valence-electron chi connectivity index (χ3n) is 6.15. The van der Waals surface area contributed by atoms with Crippen molar-refractivity contribution in [3.8, 4) is 12.1 Å². The van der Waals surface area contributed by atoms with Crippen LogP contribution in [0.15, 0.2) is 18.3 Å². The fraction of sp³-hybridized carbons (Fsp3) is 0.381. The monoisotopic (exact) mass is 448 g/mol. The van der Waals surface area contributed by atoms with Gasteiger partial charge in [0, 0.05) is 31.7 Å². The number of hydrogen-bond donors (Lipinski definition) is 2. The van der Waals surface area contributed by atoms with Crippen LogP contribution in [0.2, 0.25) is 5.02 Å². The molecular weight excluding hydrogens is 428 g/mol. The largest absolute Gasteiger partial charge is 0.367 e. The first-order chi connectivity index (χ1) is 15.5. The third-order valence-corrected chi connectivity index (χ3v) is 6.55. The quantitative estimate of drug-likeness (QED) is 0.606. The number of nitriles is 2. The summed E-state index contributed by atoms with van der Waals surface area (Å²) in [6, 6.07) is 8.84. The summed E-state index contributed by atoms with van der Waals surface area (Å²) in [6.07, 6.45) is 2.65. The van der Waals surface area contributed by atoms with Crippen LogP contribution in [0, 0.1) is 22.7 Å². The molecule has 2 unspecified atom stereocenters. The van der Waals surface area contributed by atoms with E-state index in [1.54, 1.807) is 6.07 Å². The number of piperidine rings is 1. The van der Waals surface area contributed by atoms with Crippen LogP contribution in [-0.2, 0) is 0 Å². The van der Waals surface area contributed by atoms with Crippen LogP contribution < -0.4 is 15.5 Å². The number of benzene rings is 1. The maximum absolute atomic E-state index is 9.60. The second kappa shape index (κ2) is 7.83. The van der Waals surface area contributed by atoms with Crippen LogP contribution in [-0.4, -0.2) is 63.2 Å².